The van der Waals surface area contributed by atoms with E-state index in [9.17, 15) is 0 Å². The fourth-order valence-corrected chi connectivity index (χ4v) is 10.6. The van der Waals surface area contributed by atoms with Gasteiger partial charge in [-0.2, -0.15) is 0 Å². The van der Waals surface area contributed by atoms with Crippen molar-refractivity contribution < 1.29 is 0 Å². The van der Waals surface area contributed by atoms with Crippen molar-refractivity contribution in [3.63, 3.8) is 0 Å². The van der Waals surface area contributed by atoms with Crippen LogP contribution in [-0.2, 0) is 13.2 Å². The van der Waals surface area contributed by atoms with Crippen LogP contribution in [0.2, 0.25) is 0 Å². The third kappa shape index (κ3) is 4.07. The number of hydrogen-bond donors (Lipinski definition) is 0. The molecule has 0 spiro atoms. The van der Waals surface area contributed by atoms with E-state index in [1.165, 1.54) is 0 Å². The van der Waals surface area contributed by atoms with E-state index in [4.69, 9.17) is 16.2 Å². The molecule has 0 saturated carbocycles. The Labute approximate surface area is 212 Å². The molecule has 5 rings (SSSR count). The van der Waals surface area contributed by atoms with E-state index in [1.54, 1.807) is 0 Å². The second kappa shape index (κ2) is 9.76. The van der Waals surface area contributed by atoms with Crippen molar-refractivity contribution >= 4 is 45.5 Å². The summed E-state index contributed by atoms with van der Waals surface area (Å²) in [6.45, 7) is 0. The Bertz CT molecular complexity index is 1260. The van der Waals surface area contributed by atoms with Crippen LogP contribution >= 0.6 is 29.6 Å². The molecule has 34 heavy (non-hydrogen) atoms. The van der Waals surface area contributed by atoms with Crippen molar-refractivity contribution in [3.8, 4) is 11.3 Å². The summed E-state index contributed by atoms with van der Waals surface area (Å²) in [6, 6.07) is 42.0. The van der Waals surface area contributed by atoms with Gasteiger partial charge in [-0.15, -0.1) is 12.4 Å². The van der Waals surface area contributed by atoms with Crippen LogP contribution in [0.3, 0.4) is 0 Å². The Morgan fingerprint density at radius 2 is 1.03 bits per heavy atom. The summed E-state index contributed by atoms with van der Waals surface area (Å²) >= 11 is 8.21. The van der Waals surface area contributed by atoms with Crippen molar-refractivity contribution in [2.45, 2.75) is 6.16 Å². The first-order valence-corrected chi connectivity index (χ1v) is 14.4. The molecule has 172 valence electrons. The van der Waals surface area contributed by atoms with Crippen molar-refractivity contribution in [2.75, 3.05) is 0 Å². The molecule has 0 aliphatic heterocycles. The second-order valence-electron chi connectivity index (χ2n) is 8.37. The van der Waals surface area contributed by atoms with Gasteiger partial charge in [0, 0.05) is 0 Å². The molecule has 2 nitrogen and oxygen atoms in total. The fourth-order valence-electron chi connectivity index (χ4n) is 4.60. The number of aryl methyl sites for hydroxylation is 1. The number of imidazole rings is 1. The minimum absolute atomic E-state index is 0. The average Bonchev–Trinajstić information content (AvgIpc) is 3.26. The topological polar surface area (TPSA) is 17.8 Å². The number of benzene rings is 4. The third-order valence-electron chi connectivity index (χ3n) is 6.36. The molecular weight excluding hydrogens is 478 g/mol. The molecule has 0 fully saturated rings. The zero-order chi connectivity index (χ0) is 22.8. The summed E-state index contributed by atoms with van der Waals surface area (Å²) in [5, 5.41) is 3.44. The first kappa shape index (κ1) is 24.2. The van der Waals surface area contributed by atoms with E-state index in [2.05, 4.69) is 103 Å². The molecule has 1 heterocycles. The predicted molar refractivity (Wildman–Crippen MR) is 151 cm³/mol. The minimum atomic E-state index is -3.42. The van der Waals surface area contributed by atoms with Gasteiger partial charge >= 0.3 is 200 Å². The number of rotatable bonds is 6. The van der Waals surface area contributed by atoms with Crippen molar-refractivity contribution in [3.05, 3.63) is 133 Å². The Kier molecular flexibility index (Phi) is 6.96. The number of halogens is 2. The second-order valence-corrected chi connectivity index (χ2v) is 14.8. The molecule has 0 aliphatic carbocycles. The van der Waals surface area contributed by atoms with Gasteiger partial charge in [0.05, 0.1) is 0 Å². The maximum atomic E-state index is 8.21. The summed E-state index contributed by atoms with van der Waals surface area (Å²) in [7, 11) is 2.06. The summed E-state index contributed by atoms with van der Waals surface area (Å²) in [5.41, 5.74) is 2.07. The van der Waals surface area contributed by atoms with Crippen LogP contribution in [0.25, 0.3) is 11.3 Å². The Morgan fingerprint density at radius 3 is 1.44 bits per heavy atom. The maximum absolute atomic E-state index is 8.21. The van der Waals surface area contributed by atoms with Crippen molar-refractivity contribution in [1.82, 2.24) is 9.55 Å². The molecule has 0 atom stereocenters. The van der Waals surface area contributed by atoms with Crippen LogP contribution in [0.15, 0.2) is 128 Å². The molecule has 0 unspecified atom stereocenters. The van der Waals surface area contributed by atoms with Gasteiger partial charge in [-0.3, -0.25) is 0 Å². The summed E-state index contributed by atoms with van der Waals surface area (Å²) in [4.78, 5) is 5.10. The van der Waals surface area contributed by atoms with Crippen LogP contribution in [0.1, 0.15) is 5.82 Å². The zero-order valence-corrected chi connectivity index (χ0v) is 21.4. The van der Waals surface area contributed by atoms with Crippen molar-refractivity contribution in [2.24, 2.45) is 7.05 Å². The number of hydrogen-bond acceptors (Lipinski definition) is 1. The van der Waals surface area contributed by atoms with Gasteiger partial charge in [0.1, 0.15) is 0 Å². The molecule has 0 bridgehead atoms. The van der Waals surface area contributed by atoms with E-state index >= 15 is 0 Å². The quantitative estimate of drug-likeness (QED) is 0.235. The van der Waals surface area contributed by atoms with Gasteiger partial charge in [-0.1, -0.05) is 0 Å². The predicted octanol–water partition coefficient (Wildman–Crippen LogP) is 6.69. The SMILES string of the molecule is Cl.Cn1cc(-c2ccccc2)nc1CP(Cl)(c1ccccc1)(c1ccccc1)c1ccccc1. The Morgan fingerprint density at radius 1 is 0.647 bits per heavy atom. The first-order valence-electron chi connectivity index (χ1n) is 11.1. The van der Waals surface area contributed by atoms with Crippen LogP contribution in [0, 0.1) is 0 Å². The average molecular weight is 505 g/mol. The molecule has 0 amide bonds. The molecule has 1 aromatic heterocycles. The monoisotopic (exact) mass is 504 g/mol. The fraction of sp³-hybridized carbons (Fsp3) is 0.0690. The Balaban J connectivity index is 0.00000274. The van der Waals surface area contributed by atoms with Crippen LogP contribution in [0.4, 0.5) is 0 Å². The van der Waals surface area contributed by atoms with Gasteiger partial charge < -0.3 is 0 Å². The molecule has 0 radical (unpaired) electrons. The summed E-state index contributed by atoms with van der Waals surface area (Å²) in [5.74, 6) is -2.44. The van der Waals surface area contributed by atoms with E-state index < -0.39 is 5.96 Å². The normalized spacial score (nSPS) is 12.4. The molecule has 0 N–H and O–H groups in total. The molecule has 0 saturated heterocycles. The van der Waals surface area contributed by atoms with Crippen LogP contribution in [-0.4, -0.2) is 9.55 Å². The van der Waals surface area contributed by atoms with E-state index in [0.717, 1.165) is 33.0 Å². The standard InChI is InChI=1S/C29H26ClN2P.ClH/c1-32-22-28(24-14-6-2-7-15-24)31-29(32)23-33(30,25-16-8-3-9-17-25,26-18-10-4-11-19-26)27-20-12-5-13-21-27;/h2-22H,23H2,1H3;1H. The molecule has 0 aliphatic rings. The van der Waals surface area contributed by atoms with E-state index in [-0.39, 0.29) is 12.4 Å². The number of aromatic nitrogens is 2. The molecule has 5 heteroatoms. The zero-order valence-electron chi connectivity index (χ0n) is 19.0. The molecule has 5 aromatic rings. The van der Waals surface area contributed by atoms with Gasteiger partial charge in [-0.05, 0) is 0 Å². The summed E-state index contributed by atoms with van der Waals surface area (Å²) in [6.07, 6.45) is 2.72. The summed E-state index contributed by atoms with van der Waals surface area (Å²) < 4.78 is 2.13. The first-order chi connectivity index (χ1) is 16.1. The van der Waals surface area contributed by atoms with Crippen LogP contribution < -0.4 is 15.9 Å². The van der Waals surface area contributed by atoms with Gasteiger partial charge in [0.25, 0.3) is 0 Å². The van der Waals surface area contributed by atoms with E-state index in [0.29, 0.717) is 6.16 Å². The Hall–Kier alpha value is -2.90. The van der Waals surface area contributed by atoms with Crippen LogP contribution in [0.5, 0.6) is 0 Å². The van der Waals surface area contributed by atoms with E-state index in [1.807, 2.05) is 36.4 Å². The molecule has 4 aromatic carbocycles. The molecular formula is C29H27Cl2N2P. The van der Waals surface area contributed by atoms with Gasteiger partial charge in [0.2, 0.25) is 0 Å². The van der Waals surface area contributed by atoms with Crippen molar-refractivity contribution in [1.29, 1.82) is 0 Å². The number of nitrogens with zero attached hydrogens (tertiary/aromatic N) is 2. The van der Waals surface area contributed by atoms with Gasteiger partial charge in [-0.25, -0.2) is 0 Å². The third-order valence-corrected chi connectivity index (χ3v) is 13.5. The van der Waals surface area contributed by atoms with Gasteiger partial charge in [0.15, 0.2) is 0 Å².